The number of aliphatic hydroxyl groups is 1. The van der Waals surface area contributed by atoms with Gasteiger partial charge in [-0.05, 0) is 0 Å². The van der Waals surface area contributed by atoms with E-state index in [0.29, 0.717) is 13.0 Å². The predicted molar refractivity (Wildman–Crippen MR) is 66.3 cm³/mol. The van der Waals surface area contributed by atoms with Crippen LogP contribution < -0.4 is 10.1 Å². The fraction of sp³-hybridized carbons (Fsp3) is 0.545. The summed E-state index contributed by atoms with van der Waals surface area (Å²) in [4.78, 5) is 14.3. The van der Waals surface area contributed by atoms with Crippen LogP contribution in [-0.2, 0) is 4.74 Å². The van der Waals surface area contributed by atoms with Crippen LogP contribution in [0.2, 0.25) is 0 Å². The van der Waals surface area contributed by atoms with E-state index >= 15 is 0 Å². The molecular weight excluding hydrogens is 254 g/mol. The van der Waals surface area contributed by atoms with E-state index in [2.05, 4.69) is 10.3 Å². The highest BCUT2D eigenvalue weighted by molar-refractivity contribution is 5.57. The van der Waals surface area contributed by atoms with Gasteiger partial charge in [0.2, 0.25) is 11.7 Å². The standard InChI is InChI=1S/C11H15N3O5/c1-18-9-3-2-8(14(16)17)10(13-9)12-6-11(15)4-5-19-7-11/h2-3,15H,4-7H2,1H3,(H,12,13). The minimum Gasteiger partial charge on any atom is -0.481 e. The van der Waals surface area contributed by atoms with Gasteiger partial charge in [0, 0.05) is 31.7 Å². The van der Waals surface area contributed by atoms with E-state index < -0.39 is 10.5 Å². The Kier molecular flexibility index (Phi) is 3.82. The second-order valence-electron chi connectivity index (χ2n) is 4.36. The molecule has 0 aromatic carbocycles. The van der Waals surface area contributed by atoms with Crippen molar-refractivity contribution in [1.29, 1.82) is 0 Å². The molecule has 1 aliphatic heterocycles. The summed E-state index contributed by atoms with van der Waals surface area (Å²) in [5, 5.41) is 23.8. The zero-order valence-corrected chi connectivity index (χ0v) is 10.5. The molecule has 0 saturated carbocycles. The van der Waals surface area contributed by atoms with Crippen molar-refractivity contribution in [1.82, 2.24) is 4.98 Å². The monoisotopic (exact) mass is 269 g/mol. The van der Waals surface area contributed by atoms with Crippen molar-refractivity contribution < 1.29 is 19.5 Å². The molecule has 1 saturated heterocycles. The molecule has 0 aliphatic carbocycles. The van der Waals surface area contributed by atoms with Crippen molar-refractivity contribution in [3.8, 4) is 5.88 Å². The van der Waals surface area contributed by atoms with E-state index in [-0.39, 0.29) is 30.5 Å². The van der Waals surface area contributed by atoms with Gasteiger partial charge in [-0.25, -0.2) is 0 Å². The topological polar surface area (TPSA) is 107 Å². The first-order chi connectivity index (χ1) is 9.04. The van der Waals surface area contributed by atoms with E-state index in [9.17, 15) is 15.2 Å². The van der Waals surface area contributed by atoms with Crippen molar-refractivity contribution in [2.24, 2.45) is 0 Å². The number of anilines is 1. The smallest absolute Gasteiger partial charge is 0.311 e. The molecule has 1 atom stereocenters. The van der Waals surface area contributed by atoms with E-state index in [1.165, 1.54) is 19.2 Å². The molecule has 2 heterocycles. The molecule has 8 nitrogen and oxygen atoms in total. The van der Waals surface area contributed by atoms with Crippen LogP contribution >= 0.6 is 0 Å². The minimum atomic E-state index is -1.02. The number of rotatable bonds is 5. The van der Waals surface area contributed by atoms with Crippen molar-refractivity contribution in [2.45, 2.75) is 12.0 Å². The molecule has 0 amide bonds. The van der Waals surface area contributed by atoms with Gasteiger partial charge in [0.15, 0.2) is 0 Å². The fourth-order valence-electron chi connectivity index (χ4n) is 1.81. The molecule has 1 aromatic rings. The lowest BCUT2D eigenvalue weighted by Gasteiger charge is -2.20. The number of ether oxygens (including phenoxy) is 2. The van der Waals surface area contributed by atoms with E-state index in [1.807, 2.05) is 0 Å². The molecule has 0 spiro atoms. The molecule has 1 aliphatic rings. The van der Waals surface area contributed by atoms with Crippen LogP contribution in [0.15, 0.2) is 12.1 Å². The third-order valence-electron chi connectivity index (χ3n) is 2.92. The maximum absolute atomic E-state index is 10.9. The van der Waals surface area contributed by atoms with Crippen molar-refractivity contribution >= 4 is 11.5 Å². The summed E-state index contributed by atoms with van der Waals surface area (Å²) < 4.78 is 10.0. The van der Waals surface area contributed by atoms with Crippen molar-refractivity contribution in [3.05, 3.63) is 22.2 Å². The molecule has 1 unspecified atom stereocenters. The molecule has 8 heteroatoms. The maximum atomic E-state index is 10.9. The van der Waals surface area contributed by atoms with Gasteiger partial charge in [-0.2, -0.15) is 4.98 Å². The van der Waals surface area contributed by atoms with Gasteiger partial charge in [0.25, 0.3) is 0 Å². The van der Waals surface area contributed by atoms with Gasteiger partial charge in [0.05, 0.1) is 18.6 Å². The number of nitro groups is 1. The maximum Gasteiger partial charge on any atom is 0.311 e. The molecular formula is C11H15N3O5. The predicted octanol–water partition coefficient (Wildman–Crippen LogP) is 0.562. The third kappa shape index (κ3) is 3.09. The first-order valence-electron chi connectivity index (χ1n) is 5.77. The van der Waals surface area contributed by atoms with Gasteiger partial charge in [0.1, 0.15) is 5.60 Å². The van der Waals surface area contributed by atoms with Gasteiger partial charge in [-0.15, -0.1) is 0 Å². The Labute approximate surface area is 109 Å². The number of hydrogen-bond donors (Lipinski definition) is 2. The van der Waals surface area contributed by atoms with E-state index in [0.717, 1.165) is 0 Å². The lowest BCUT2D eigenvalue weighted by molar-refractivity contribution is -0.384. The SMILES string of the molecule is COc1ccc([N+](=O)[O-])c(NCC2(O)CCOC2)n1. The molecule has 1 aromatic heterocycles. The van der Waals surface area contributed by atoms with Crippen molar-refractivity contribution in [2.75, 3.05) is 32.2 Å². The molecule has 1 fully saturated rings. The summed E-state index contributed by atoms with van der Waals surface area (Å²) in [6, 6.07) is 2.72. The van der Waals surface area contributed by atoms with Crippen molar-refractivity contribution in [3.63, 3.8) is 0 Å². The second kappa shape index (κ2) is 5.37. The zero-order chi connectivity index (χ0) is 13.9. The summed E-state index contributed by atoms with van der Waals surface area (Å²) in [5.41, 5.74) is -1.18. The Hall–Kier alpha value is -1.93. The lowest BCUT2D eigenvalue weighted by Crippen LogP contribution is -2.37. The largest absolute Gasteiger partial charge is 0.481 e. The summed E-state index contributed by atoms with van der Waals surface area (Å²) >= 11 is 0. The van der Waals surface area contributed by atoms with Crippen LogP contribution in [0.3, 0.4) is 0 Å². The molecule has 2 rings (SSSR count). The highest BCUT2D eigenvalue weighted by Gasteiger charge is 2.32. The van der Waals surface area contributed by atoms with Gasteiger partial charge >= 0.3 is 5.69 Å². The van der Waals surface area contributed by atoms with E-state index in [1.54, 1.807) is 0 Å². The number of nitrogens with one attached hydrogen (secondary N) is 1. The van der Waals surface area contributed by atoms with Crippen LogP contribution in [0.1, 0.15) is 6.42 Å². The molecule has 19 heavy (non-hydrogen) atoms. The molecule has 0 bridgehead atoms. The highest BCUT2D eigenvalue weighted by atomic mass is 16.6. The van der Waals surface area contributed by atoms with Gasteiger partial charge in [-0.1, -0.05) is 0 Å². The zero-order valence-electron chi connectivity index (χ0n) is 10.5. The molecule has 2 N–H and O–H groups in total. The Balaban J connectivity index is 2.15. The van der Waals surface area contributed by atoms with E-state index in [4.69, 9.17) is 9.47 Å². The second-order valence-corrected chi connectivity index (χ2v) is 4.36. The Bertz CT molecular complexity index is 473. The Morgan fingerprint density at radius 3 is 3.05 bits per heavy atom. The van der Waals surface area contributed by atoms with Crippen LogP contribution in [0.25, 0.3) is 0 Å². The summed E-state index contributed by atoms with van der Waals surface area (Å²) in [6.45, 7) is 0.817. The Morgan fingerprint density at radius 2 is 2.47 bits per heavy atom. The number of methoxy groups -OCH3 is 1. The van der Waals surface area contributed by atoms with Crippen LogP contribution in [-0.4, -0.2) is 47.5 Å². The lowest BCUT2D eigenvalue weighted by atomic mass is 10.0. The summed E-state index contributed by atoms with van der Waals surface area (Å²) in [6.07, 6.45) is 0.484. The first-order valence-corrected chi connectivity index (χ1v) is 5.77. The number of pyridine rings is 1. The van der Waals surface area contributed by atoms with Crippen LogP contribution in [0.4, 0.5) is 11.5 Å². The summed E-state index contributed by atoms with van der Waals surface area (Å²) in [5.74, 6) is 0.340. The first kappa shape index (κ1) is 13.5. The average Bonchev–Trinajstić information content (AvgIpc) is 2.83. The number of hydrogen-bond acceptors (Lipinski definition) is 7. The van der Waals surface area contributed by atoms with Crippen LogP contribution in [0, 0.1) is 10.1 Å². The number of nitrogens with zero attached hydrogens (tertiary/aromatic N) is 2. The quantitative estimate of drug-likeness (QED) is 0.594. The average molecular weight is 269 g/mol. The fourth-order valence-corrected chi connectivity index (χ4v) is 1.81. The third-order valence-corrected chi connectivity index (χ3v) is 2.92. The van der Waals surface area contributed by atoms with Gasteiger partial charge < -0.3 is 19.9 Å². The number of aromatic nitrogens is 1. The normalized spacial score (nSPS) is 22.2. The molecule has 104 valence electrons. The summed E-state index contributed by atoms with van der Waals surface area (Å²) in [7, 11) is 1.43. The van der Waals surface area contributed by atoms with Gasteiger partial charge in [-0.3, -0.25) is 10.1 Å². The minimum absolute atomic E-state index is 0.0738. The van der Waals surface area contributed by atoms with Crippen LogP contribution in [0.5, 0.6) is 5.88 Å². The highest BCUT2D eigenvalue weighted by Crippen LogP contribution is 2.26. The molecule has 0 radical (unpaired) electrons. The Morgan fingerprint density at radius 1 is 1.68 bits per heavy atom.